The van der Waals surface area contributed by atoms with Gasteiger partial charge in [-0.15, -0.1) is 0 Å². The van der Waals surface area contributed by atoms with Crippen LogP contribution in [0.2, 0.25) is 0 Å². The number of aliphatic hydroxyl groups is 5. The van der Waals surface area contributed by atoms with Crippen molar-refractivity contribution in [2.45, 2.75) is 77.5 Å². The highest BCUT2D eigenvalue weighted by Crippen LogP contribution is 2.09. The first-order valence-electron chi connectivity index (χ1n) is 22.1. The van der Waals surface area contributed by atoms with Gasteiger partial charge in [-0.05, 0) is 47.0 Å². The second-order valence-electron chi connectivity index (χ2n) is 15.4. The van der Waals surface area contributed by atoms with Crippen molar-refractivity contribution in [2.75, 3.05) is 185 Å². The van der Waals surface area contributed by atoms with Gasteiger partial charge in [-0.2, -0.15) is 0 Å². The highest BCUT2D eigenvalue weighted by molar-refractivity contribution is 5.67. The largest absolute Gasteiger partial charge is 0.453 e. The Hall–Kier alpha value is -1.33. The molecule has 0 aromatic carbocycles. The van der Waals surface area contributed by atoms with E-state index in [0.717, 1.165) is 12.8 Å². The maximum Gasteiger partial charge on any atom is 0.409 e. The number of unbranched alkanes of at least 4 members (excludes halogenated alkanes) is 1. The Morgan fingerprint density at radius 3 is 1.02 bits per heavy atom. The molecule has 1 amide bonds. The lowest BCUT2D eigenvalue weighted by Crippen LogP contribution is -2.50. The summed E-state index contributed by atoms with van der Waals surface area (Å²) in [5, 5.41) is 55.0. The van der Waals surface area contributed by atoms with Crippen molar-refractivity contribution in [3.63, 3.8) is 0 Å². The molecule has 5 atom stereocenters. The summed E-state index contributed by atoms with van der Waals surface area (Å²) in [4.78, 5) is 25.7. The predicted molar refractivity (Wildman–Crippen MR) is 228 cm³/mol. The topological polar surface area (TPSA) is 193 Å². The van der Waals surface area contributed by atoms with Gasteiger partial charge in [0.1, 0.15) is 0 Å². The molecule has 0 aromatic heterocycles. The summed E-state index contributed by atoms with van der Waals surface area (Å²) in [7, 11) is 3.04. The van der Waals surface area contributed by atoms with Gasteiger partial charge in [-0.3, -0.25) is 24.5 Å². The fourth-order valence-corrected chi connectivity index (χ4v) is 6.99. The fraction of sp³-hybridized carbons (Fsp3) is 0.976. The first-order valence-corrected chi connectivity index (χ1v) is 22.1. The summed E-state index contributed by atoms with van der Waals surface area (Å²) < 4.78 is 32.6. The van der Waals surface area contributed by atoms with Crippen LogP contribution in [0.3, 0.4) is 0 Å². The monoisotopic (exact) mass is 855 g/mol. The van der Waals surface area contributed by atoms with Crippen LogP contribution in [0.25, 0.3) is 0 Å². The molecule has 0 radical (unpaired) electrons. The summed E-state index contributed by atoms with van der Waals surface area (Å²) in [6.07, 6.45) is -1.61. The standard InChI is InChI=1S/C41H86N6O12/c1-7-56-32-37(49)28-42-14-16-43(29-38(50)33-57-8-2)18-20-45(27-36(48)13-11-12-26-54-5)22-24-47(41(53)55-6)25-23-46(31-40(52)35-59-10-4)21-19-44(17-15-42)30-39(51)34-58-9-3/h36-40,48-52H,7-35H2,1-6H3. The molecule has 5 N–H and O–H groups in total. The molecule has 5 unspecified atom stereocenters. The van der Waals surface area contributed by atoms with E-state index in [0.29, 0.717) is 151 Å². The minimum atomic E-state index is -0.741. The smallest absolute Gasteiger partial charge is 0.409 e. The highest BCUT2D eigenvalue weighted by atomic mass is 16.5. The number of methoxy groups -OCH3 is 2. The van der Waals surface area contributed by atoms with Crippen molar-refractivity contribution in [3.8, 4) is 0 Å². The van der Waals surface area contributed by atoms with E-state index >= 15 is 0 Å². The van der Waals surface area contributed by atoms with Gasteiger partial charge >= 0.3 is 6.09 Å². The van der Waals surface area contributed by atoms with Gasteiger partial charge in [0.15, 0.2) is 0 Å². The van der Waals surface area contributed by atoms with Crippen molar-refractivity contribution in [1.29, 1.82) is 0 Å². The molecule has 1 heterocycles. The van der Waals surface area contributed by atoms with Crippen molar-refractivity contribution in [1.82, 2.24) is 29.4 Å². The molecule has 1 fully saturated rings. The SMILES string of the molecule is CCOCC(O)CN1CCN(CC(O)CCCCOC)CCN(C(=O)OC)CCN(CC(O)COCC)CCN(CC(O)COCC)CCN(CC(O)COCC)CC1. The molecule has 59 heavy (non-hydrogen) atoms. The van der Waals surface area contributed by atoms with Crippen LogP contribution in [0.1, 0.15) is 47.0 Å². The highest BCUT2D eigenvalue weighted by Gasteiger charge is 2.24. The van der Waals surface area contributed by atoms with E-state index < -0.39 is 36.6 Å². The van der Waals surface area contributed by atoms with Gasteiger partial charge in [0, 0.05) is 151 Å². The van der Waals surface area contributed by atoms with E-state index in [1.54, 1.807) is 12.0 Å². The summed E-state index contributed by atoms with van der Waals surface area (Å²) in [5.41, 5.74) is 0. The molecule has 0 aromatic rings. The van der Waals surface area contributed by atoms with E-state index in [1.165, 1.54) is 7.11 Å². The van der Waals surface area contributed by atoms with E-state index in [-0.39, 0.29) is 26.4 Å². The number of hydrogen-bond acceptors (Lipinski definition) is 17. The minimum absolute atomic E-state index is 0.186. The molecule has 1 aliphatic rings. The van der Waals surface area contributed by atoms with Gasteiger partial charge in [-0.1, -0.05) is 0 Å². The van der Waals surface area contributed by atoms with E-state index in [1.807, 2.05) is 27.7 Å². The molecule has 1 rings (SSSR count). The molecular weight excluding hydrogens is 768 g/mol. The summed E-state index contributed by atoms with van der Waals surface area (Å²) >= 11 is 0. The number of β-amino-alcohol motifs (C(OH)–C–C–N with tert-alkyl or cyclic N) is 5. The van der Waals surface area contributed by atoms with E-state index in [9.17, 15) is 30.3 Å². The van der Waals surface area contributed by atoms with Crippen LogP contribution in [0, 0.1) is 0 Å². The second kappa shape index (κ2) is 36.2. The maximum absolute atomic E-state index is 13.2. The maximum atomic E-state index is 13.2. The predicted octanol–water partition coefficient (Wildman–Crippen LogP) is -0.654. The van der Waals surface area contributed by atoms with Crippen LogP contribution in [-0.2, 0) is 28.4 Å². The number of aliphatic hydroxyl groups excluding tert-OH is 5. The van der Waals surface area contributed by atoms with Gasteiger partial charge in [0.2, 0.25) is 0 Å². The Bertz CT molecular complexity index is 984. The van der Waals surface area contributed by atoms with Crippen molar-refractivity contribution in [2.24, 2.45) is 0 Å². The molecule has 0 spiro atoms. The van der Waals surface area contributed by atoms with Gasteiger partial charge in [-0.25, -0.2) is 4.79 Å². The fourth-order valence-electron chi connectivity index (χ4n) is 6.99. The van der Waals surface area contributed by atoms with Crippen LogP contribution in [0.5, 0.6) is 0 Å². The Kier molecular flexibility index (Phi) is 34.2. The zero-order valence-corrected chi connectivity index (χ0v) is 37.7. The molecule has 0 saturated carbocycles. The number of carbonyl (C=O) groups is 1. The van der Waals surface area contributed by atoms with Crippen LogP contribution in [0.15, 0.2) is 0 Å². The van der Waals surface area contributed by atoms with E-state index in [2.05, 4.69) is 24.5 Å². The molecule has 18 heteroatoms. The van der Waals surface area contributed by atoms with Crippen molar-refractivity contribution < 1.29 is 58.7 Å². The molecule has 1 saturated heterocycles. The Balaban J connectivity index is 3.55. The van der Waals surface area contributed by atoms with Crippen LogP contribution >= 0.6 is 0 Å². The Morgan fingerprint density at radius 2 is 0.746 bits per heavy atom. The molecule has 0 bridgehead atoms. The summed E-state index contributed by atoms with van der Waals surface area (Å²) in [5.74, 6) is 0. The van der Waals surface area contributed by atoms with Crippen LogP contribution in [0.4, 0.5) is 4.79 Å². The third-order valence-electron chi connectivity index (χ3n) is 10.3. The normalized spacial score (nSPS) is 20.2. The number of rotatable bonds is 27. The van der Waals surface area contributed by atoms with Gasteiger partial charge < -0.3 is 58.9 Å². The zero-order valence-electron chi connectivity index (χ0n) is 37.7. The third-order valence-corrected chi connectivity index (χ3v) is 10.3. The second-order valence-corrected chi connectivity index (χ2v) is 15.4. The van der Waals surface area contributed by atoms with E-state index in [4.69, 9.17) is 28.4 Å². The molecular formula is C41H86N6O12. The number of nitrogens with zero attached hydrogens (tertiary/aromatic N) is 6. The molecule has 1 aliphatic heterocycles. The van der Waals surface area contributed by atoms with Crippen molar-refractivity contribution >= 4 is 6.09 Å². The summed E-state index contributed by atoms with van der Waals surface area (Å²) in [6, 6.07) is 0. The number of carbonyl (C=O) groups excluding carboxylic acids is 1. The number of amides is 1. The van der Waals surface area contributed by atoms with Crippen molar-refractivity contribution in [3.05, 3.63) is 0 Å². The average Bonchev–Trinajstić information content (AvgIpc) is 3.22. The Labute approximate surface area is 356 Å². The average molecular weight is 855 g/mol. The third kappa shape index (κ3) is 28.8. The zero-order chi connectivity index (χ0) is 43.7. The number of ether oxygens (including phenoxy) is 6. The van der Waals surface area contributed by atoms with Gasteiger partial charge in [0.25, 0.3) is 0 Å². The first-order chi connectivity index (χ1) is 28.5. The van der Waals surface area contributed by atoms with Gasteiger partial charge in [0.05, 0.1) is 64.1 Å². The lowest BCUT2D eigenvalue weighted by Gasteiger charge is -2.35. The number of hydrogen-bond donors (Lipinski definition) is 5. The lowest BCUT2D eigenvalue weighted by molar-refractivity contribution is -0.000378. The first kappa shape index (κ1) is 55.7. The molecule has 0 aliphatic carbocycles. The lowest BCUT2D eigenvalue weighted by atomic mass is 10.1. The summed E-state index contributed by atoms with van der Waals surface area (Å²) in [6.45, 7) is 19.1. The molecule has 18 nitrogen and oxygen atoms in total. The molecule has 352 valence electrons. The minimum Gasteiger partial charge on any atom is -0.453 e. The quantitative estimate of drug-likeness (QED) is 0.0654. The van der Waals surface area contributed by atoms with Crippen LogP contribution in [-0.4, -0.2) is 276 Å². The Morgan fingerprint density at radius 1 is 0.458 bits per heavy atom. The van der Waals surface area contributed by atoms with Crippen LogP contribution < -0.4 is 0 Å².